The standard InChI is InChI=1S/C8H10S.C7H8O/c1-6-3-4-7(2)8(9)5-6;1-6-3-2-4-7(8)5-6/h3-5,9H,1-2H3;2-5,8H,1H3. The monoisotopic (exact) mass is 246 g/mol. The van der Waals surface area contributed by atoms with Crippen LogP contribution in [0.5, 0.6) is 5.75 Å². The van der Waals surface area contributed by atoms with Crippen LogP contribution in [0.15, 0.2) is 47.4 Å². The number of phenolic OH excluding ortho intramolecular Hbond substituents is 1. The number of aryl methyl sites for hydroxylation is 3. The van der Waals surface area contributed by atoms with Gasteiger partial charge >= 0.3 is 0 Å². The highest BCUT2D eigenvalue weighted by Crippen LogP contribution is 2.13. The molecule has 1 N–H and O–H groups in total. The molecular weight excluding hydrogens is 228 g/mol. The van der Waals surface area contributed by atoms with Crippen molar-refractivity contribution in [2.24, 2.45) is 0 Å². The molecule has 0 spiro atoms. The van der Waals surface area contributed by atoms with Crippen molar-refractivity contribution in [3.63, 3.8) is 0 Å². The Bertz CT molecular complexity index is 475. The predicted molar refractivity (Wildman–Crippen MR) is 76.0 cm³/mol. The van der Waals surface area contributed by atoms with E-state index < -0.39 is 0 Å². The summed E-state index contributed by atoms with van der Waals surface area (Å²) in [5.41, 5.74) is 3.60. The van der Waals surface area contributed by atoms with Crippen molar-refractivity contribution < 1.29 is 5.11 Å². The topological polar surface area (TPSA) is 20.2 Å². The third kappa shape index (κ3) is 4.96. The summed E-state index contributed by atoms with van der Waals surface area (Å²) in [6, 6.07) is 13.4. The molecule has 0 bridgehead atoms. The summed E-state index contributed by atoms with van der Waals surface area (Å²) in [6.07, 6.45) is 0. The summed E-state index contributed by atoms with van der Waals surface area (Å²) < 4.78 is 0. The number of rotatable bonds is 0. The number of aromatic hydroxyl groups is 1. The maximum atomic E-state index is 8.81. The Labute approximate surface area is 109 Å². The zero-order chi connectivity index (χ0) is 12.8. The zero-order valence-corrected chi connectivity index (χ0v) is 11.3. The Morgan fingerprint density at radius 2 is 1.53 bits per heavy atom. The Balaban J connectivity index is 0.000000171. The van der Waals surface area contributed by atoms with Crippen LogP contribution < -0.4 is 0 Å². The fourth-order valence-electron chi connectivity index (χ4n) is 1.35. The molecule has 1 nitrogen and oxygen atoms in total. The number of benzene rings is 2. The van der Waals surface area contributed by atoms with E-state index in [4.69, 9.17) is 5.11 Å². The van der Waals surface area contributed by atoms with Gasteiger partial charge in [-0.1, -0.05) is 29.8 Å². The van der Waals surface area contributed by atoms with E-state index in [9.17, 15) is 0 Å². The van der Waals surface area contributed by atoms with Gasteiger partial charge in [0.15, 0.2) is 0 Å². The zero-order valence-electron chi connectivity index (χ0n) is 10.4. The van der Waals surface area contributed by atoms with E-state index >= 15 is 0 Å². The van der Waals surface area contributed by atoms with E-state index in [2.05, 4.69) is 44.7 Å². The molecule has 2 heteroatoms. The maximum Gasteiger partial charge on any atom is 0.115 e. The molecule has 0 aliphatic carbocycles. The van der Waals surface area contributed by atoms with E-state index in [1.807, 2.05) is 19.1 Å². The van der Waals surface area contributed by atoms with Gasteiger partial charge in [0.25, 0.3) is 0 Å². The van der Waals surface area contributed by atoms with E-state index in [0.717, 1.165) is 10.5 Å². The van der Waals surface area contributed by atoms with Gasteiger partial charge in [-0.05, 0) is 50.1 Å². The Morgan fingerprint density at radius 3 is 1.94 bits per heavy atom. The lowest BCUT2D eigenvalue weighted by molar-refractivity contribution is 0.475. The van der Waals surface area contributed by atoms with Gasteiger partial charge in [-0.3, -0.25) is 0 Å². The molecule has 0 saturated heterocycles. The molecule has 0 atom stereocenters. The van der Waals surface area contributed by atoms with Crippen molar-refractivity contribution in [2.45, 2.75) is 25.7 Å². The Morgan fingerprint density at radius 1 is 0.882 bits per heavy atom. The predicted octanol–water partition coefficient (Wildman–Crippen LogP) is 4.29. The summed E-state index contributed by atoms with van der Waals surface area (Å²) in [7, 11) is 0. The van der Waals surface area contributed by atoms with Gasteiger partial charge in [-0.2, -0.15) is 0 Å². The molecule has 0 aliphatic heterocycles. The first-order valence-electron chi connectivity index (χ1n) is 5.51. The van der Waals surface area contributed by atoms with Crippen molar-refractivity contribution >= 4 is 12.6 Å². The lowest BCUT2D eigenvalue weighted by Crippen LogP contribution is -1.76. The first-order valence-corrected chi connectivity index (χ1v) is 5.95. The minimum Gasteiger partial charge on any atom is -0.508 e. The fraction of sp³-hybridized carbons (Fsp3) is 0.200. The first-order chi connectivity index (χ1) is 7.99. The van der Waals surface area contributed by atoms with Gasteiger partial charge < -0.3 is 5.11 Å². The molecule has 17 heavy (non-hydrogen) atoms. The molecule has 90 valence electrons. The minimum absolute atomic E-state index is 0.338. The van der Waals surface area contributed by atoms with Crippen LogP contribution in [0.1, 0.15) is 16.7 Å². The summed E-state index contributed by atoms with van der Waals surface area (Å²) in [5.74, 6) is 0.338. The van der Waals surface area contributed by atoms with E-state index in [1.54, 1.807) is 12.1 Å². The quantitative estimate of drug-likeness (QED) is 0.664. The largest absolute Gasteiger partial charge is 0.508 e. The van der Waals surface area contributed by atoms with Crippen molar-refractivity contribution in [2.75, 3.05) is 0 Å². The second-order valence-corrected chi connectivity index (χ2v) is 4.61. The van der Waals surface area contributed by atoms with Crippen LogP contribution in [-0.2, 0) is 0 Å². The van der Waals surface area contributed by atoms with Gasteiger partial charge in [0.2, 0.25) is 0 Å². The summed E-state index contributed by atoms with van der Waals surface area (Å²) in [4.78, 5) is 1.08. The average molecular weight is 246 g/mol. The second kappa shape index (κ2) is 6.36. The molecule has 0 saturated carbocycles. The van der Waals surface area contributed by atoms with Gasteiger partial charge in [0.05, 0.1) is 0 Å². The van der Waals surface area contributed by atoms with Gasteiger partial charge in [-0.15, -0.1) is 12.6 Å². The van der Waals surface area contributed by atoms with Crippen LogP contribution in [0.4, 0.5) is 0 Å². The van der Waals surface area contributed by atoms with Crippen molar-refractivity contribution in [3.8, 4) is 5.75 Å². The summed E-state index contributed by atoms with van der Waals surface area (Å²) in [6.45, 7) is 6.07. The minimum atomic E-state index is 0.338. The third-order valence-corrected chi connectivity index (χ3v) is 2.85. The highest BCUT2D eigenvalue weighted by atomic mass is 32.1. The SMILES string of the molecule is Cc1ccc(C)c(S)c1.Cc1cccc(O)c1. The second-order valence-electron chi connectivity index (χ2n) is 4.13. The normalized spacial score (nSPS) is 9.41. The van der Waals surface area contributed by atoms with E-state index in [1.165, 1.54) is 11.1 Å². The number of hydrogen-bond acceptors (Lipinski definition) is 2. The van der Waals surface area contributed by atoms with Gasteiger partial charge in [-0.25, -0.2) is 0 Å². The third-order valence-electron chi connectivity index (χ3n) is 2.37. The smallest absolute Gasteiger partial charge is 0.115 e. The van der Waals surface area contributed by atoms with Crippen LogP contribution in [0.2, 0.25) is 0 Å². The molecule has 0 fully saturated rings. The lowest BCUT2D eigenvalue weighted by atomic mass is 10.2. The molecule has 0 aliphatic rings. The summed E-state index contributed by atoms with van der Waals surface area (Å²) >= 11 is 4.27. The summed E-state index contributed by atoms with van der Waals surface area (Å²) in [5, 5.41) is 8.81. The molecule has 0 heterocycles. The lowest BCUT2D eigenvalue weighted by Gasteiger charge is -1.97. The van der Waals surface area contributed by atoms with Crippen LogP contribution in [0, 0.1) is 20.8 Å². The van der Waals surface area contributed by atoms with E-state index in [-0.39, 0.29) is 0 Å². The molecular formula is C15H18OS. The van der Waals surface area contributed by atoms with Crippen LogP contribution in [-0.4, -0.2) is 5.11 Å². The first kappa shape index (κ1) is 13.7. The molecule has 0 unspecified atom stereocenters. The van der Waals surface area contributed by atoms with Crippen LogP contribution in [0.25, 0.3) is 0 Å². The van der Waals surface area contributed by atoms with Crippen molar-refractivity contribution in [3.05, 3.63) is 59.2 Å². The van der Waals surface area contributed by atoms with Crippen LogP contribution in [0.3, 0.4) is 0 Å². The van der Waals surface area contributed by atoms with Crippen molar-refractivity contribution in [1.82, 2.24) is 0 Å². The number of thiol groups is 1. The highest BCUT2D eigenvalue weighted by Gasteiger charge is 1.90. The van der Waals surface area contributed by atoms with E-state index in [0.29, 0.717) is 5.75 Å². The Kier molecular flexibility index (Phi) is 5.11. The Hall–Kier alpha value is -1.41. The van der Waals surface area contributed by atoms with Crippen LogP contribution >= 0.6 is 12.6 Å². The van der Waals surface area contributed by atoms with Crippen molar-refractivity contribution in [1.29, 1.82) is 0 Å². The van der Waals surface area contributed by atoms with Gasteiger partial charge in [0, 0.05) is 4.90 Å². The molecule has 2 aromatic rings. The number of phenols is 1. The maximum absolute atomic E-state index is 8.81. The molecule has 0 radical (unpaired) electrons. The average Bonchev–Trinajstić information content (AvgIpc) is 2.24. The molecule has 0 aromatic heterocycles. The molecule has 2 rings (SSSR count). The molecule has 2 aromatic carbocycles. The highest BCUT2D eigenvalue weighted by molar-refractivity contribution is 7.80. The molecule has 0 amide bonds. The van der Waals surface area contributed by atoms with Gasteiger partial charge in [0.1, 0.15) is 5.75 Å². The fourth-order valence-corrected chi connectivity index (χ4v) is 1.63. The number of hydrogen-bond donors (Lipinski definition) is 2.